The maximum absolute atomic E-state index is 12.6. The normalized spacial score (nSPS) is 37.6. The van der Waals surface area contributed by atoms with E-state index in [1.54, 1.807) is 0 Å². The summed E-state index contributed by atoms with van der Waals surface area (Å²) in [5.74, 6) is 0.624. The molecule has 3 rings (SSSR count). The lowest BCUT2D eigenvalue weighted by molar-refractivity contribution is -0.135. The molecule has 3 heterocycles. The molecule has 0 aliphatic carbocycles. The zero-order valence-corrected chi connectivity index (χ0v) is 11.4. The van der Waals surface area contributed by atoms with Crippen molar-refractivity contribution in [1.29, 1.82) is 0 Å². The Morgan fingerprint density at radius 3 is 2.78 bits per heavy atom. The minimum atomic E-state index is 0.220. The van der Waals surface area contributed by atoms with Crippen LogP contribution in [0.3, 0.4) is 0 Å². The van der Waals surface area contributed by atoms with Gasteiger partial charge >= 0.3 is 0 Å². The Morgan fingerprint density at radius 1 is 1.17 bits per heavy atom. The number of fused-ring (bicyclic) bond motifs is 1. The Bertz CT molecular complexity index is 320. The molecule has 0 spiro atoms. The van der Waals surface area contributed by atoms with Crippen LogP contribution in [0.25, 0.3) is 0 Å². The van der Waals surface area contributed by atoms with E-state index in [0.717, 1.165) is 32.5 Å². The minimum absolute atomic E-state index is 0.220. The topological polar surface area (TPSA) is 35.6 Å². The van der Waals surface area contributed by atoms with Crippen molar-refractivity contribution in [3.63, 3.8) is 0 Å². The van der Waals surface area contributed by atoms with E-state index in [-0.39, 0.29) is 5.92 Å². The maximum atomic E-state index is 12.6. The van der Waals surface area contributed by atoms with Gasteiger partial charge in [-0.1, -0.05) is 0 Å². The first-order chi connectivity index (χ1) is 8.75. The van der Waals surface area contributed by atoms with Crippen LogP contribution in [0, 0.1) is 5.92 Å². The maximum Gasteiger partial charge on any atom is 0.227 e. The molecule has 0 bridgehead atoms. The third kappa shape index (κ3) is 2.28. The highest BCUT2D eigenvalue weighted by Crippen LogP contribution is 2.24. The zero-order valence-electron chi connectivity index (χ0n) is 11.4. The molecule has 3 unspecified atom stereocenters. The van der Waals surface area contributed by atoms with Crippen molar-refractivity contribution in [2.45, 2.75) is 44.7 Å². The molecule has 18 heavy (non-hydrogen) atoms. The molecule has 3 fully saturated rings. The smallest absolute Gasteiger partial charge is 0.227 e. The van der Waals surface area contributed by atoms with Crippen molar-refractivity contribution in [3.05, 3.63) is 0 Å². The van der Waals surface area contributed by atoms with Gasteiger partial charge in [-0.25, -0.2) is 0 Å². The zero-order chi connectivity index (χ0) is 12.5. The molecule has 0 aromatic rings. The van der Waals surface area contributed by atoms with Crippen molar-refractivity contribution in [1.82, 2.24) is 15.1 Å². The van der Waals surface area contributed by atoms with Crippen LogP contribution in [-0.2, 0) is 4.79 Å². The molecule has 0 radical (unpaired) electrons. The minimum Gasteiger partial charge on any atom is -0.341 e. The molecule has 3 aliphatic heterocycles. The molecule has 3 atom stereocenters. The summed E-state index contributed by atoms with van der Waals surface area (Å²) in [5.41, 5.74) is 0. The Morgan fingerprint density at radius 2 is 2.00 bits per heavy atom. The summed E-state index contributed by atoms with van der Waals surface area (Å²) in [6, 6.07) is 1.00. The van der Waals surface area contributed by atoms with E-state index in [4.69, 9.17) is 0 Å². The average Bonchev–Trinajstić information content (AvgIpc) is 2.93. The highest BCUT2D eigenvalue weighted by Gasteiger charge is 2.36. The fourth-order valence-electron chi connectivity index (χ4n) is 3.84. The summed E-state index contributed by atoms with van der Waals surface area (Å²) in [4.78, 5) is 17.4. The molecule has 0 saturated carbocycles. The third-order valence-corrected chi connectivity index (χ3v) is 4.96. The van der Waals surface area contributed by atoms with E-state index < -0.39 is 0 Å². The summed E-state index contributed by atoms with van der Waals surface area (Å²) in [5, 5.41) is 3.39. The van der Waals surface area contributed by atoms with Crippen LogP contribution < -0.4 is 5.32 Å². The number of carbonyl (C=O) groups is 1. The van der Waals surface area contributed by atoms with E-state index >= 15 is 0 Å². The van der Waals surface area contributed by atoms with Crippen LogP contribution in [-0.4, -0.2) is 60.5 Å². The summed E-state index contributed by atoms with van der Waals surface area (Å²) in [6.45, 7) is 7.52. The van der Waals surface area contributed by atoms with Crippen LogP contribution in [0.1, 0.15) is 32.6 Å². The van der Waals surface area contributed by atoms with Gasteiger partial charge in [0.15, 0.2) is 0 Å². The number of amides is 1. The second-order valence-corrected chi connectivity index (χ2v) is 6.11. The van der Waals surface area contributed by atoms with Gasteiger partial charge in [-0.3, -0.25) is 9.69 Å². The van der Waals surface area contributed by atoms with E-state index in [0.29, 0.717) is 18.0 Å². The van der Waals surface area contributed by atoms with Gasteiger partial charge in [0.05, 0.1) is 5.92 Å². The third-order valence-electron chi connectivity index (χ3n) is 4.96. The number of carbonyl (C=O) groups excluding carboxylic acids is 1. The lowest BCUT2D eigenvalue weighted by Crippen LogP contribution is -2.44. The lowest BCUT2D eigenvalue weighted by atomic mass is 10.00. The summed E-state index contributed by atoms with van der Waals surface area (Å²) in [6.07, 6.45) is 4.76. The van der Waals surface area contributed by atoms with E-state index in [9.17, 15) is 4.79 Å². The van der Waals surface area contributed by atoms with Crippen LogP contribution in [0.5, 0.6) is 0 Å². The molecule has 1 amide bonds. The largest absolute Gasteiger partial charge is 0.341 e. The van der Waals surface area contributed by atoms with Crippen molar-refractivity contribution in [3.8, 4) is 0 Å². The van der Waals surface area contributed by atoms with Gasteiger partial charge in [0, 0.05) is 31.7 Å². The number of nitrogens with one attached hydrogen (secondary N) is 1. The SMILES string of the molecule is CC1NCCC1C(=O)N1CCCN2CCCC2C1. The predicted octanol–water partition coefficient (Wildman–Crippen LogP) is 0.681. The fraction of sp³-hybridized carbons (Fsp3) is 0.929. The Labute approximate surface area is 110 Å². The van der Waals surface area contributed by atoms with Gasteiger partial charge < -0.3 is 10.2 Å². The van der Waals surface area contributed by atoms with Crippen molar-refractivity contribution < 1.29 is 4.79 Å². The molecule has 0 aromatic heterocycles. The number of hydrogen-bond acceptors (Lipinski definition) is 3. The number of hydrogen-bond donors (Lipinski definition) is 1. The van der Waals surface area contributed by atoms with Gasteiger partial charge in [0.2, 0.25) is 5.91 Å². The molecule has 0 aromatic carbocycles. The lowest BCUT2D eigenvalue weighted by Gasteiger charge is -2.28. The Balaban J connectivity index is 1.65. The average molecular weight is 251 g/mol. The van der Waals surface area contributed by atoms with E-state index in [2.05, 4.69) is 22.0 Å². The second-order valence-electron chi connectivity index (χ2n) is 6.11. The van der Waals surface area contributed by atoms with Gasteiger partial charge in [0.1, 0.15) is 0 Å². The predicted molar refractivity (Wildman–Crippen MR) is 71.4 cm³/mol. The van der Waals surface area contributed by atoms with Crippen molar-refractivity contribution >= 4 is 5.91 Å². The second kappa shape index (κ2) is 5.17. The quantitative estimate of drug-likeness (QED) is 0.744. The first kappa shape index (κ1) is 12.4. The first-order valence-electron chi connectivity index (χ1n) is 7.52. The van der Waals surface area contributed by atoms with Crippen LogP contribution in [0.15, 0.2) is 0 Å². The van der Waals surface area contributed by atoms with Crippen molar-refractivity contribution in [2.24, 2.45) is 5.92 Å². The van der Waals surface area contributed by atoms with E-state index in [1.807, 2.05) is 0 Å². The molecule has 4 nitrogen and oxygen atoms in total. The molecular formula is C14H25N3O. The van der Waals surface area contributed by atoms with Crippen molar-refractivity contribution in [2.75, 3.05) is 32.7 Å². The standard InChI is InChI=1S/C14H25N3O/c1-11-13(5-6-15-11)14(18)17-9-3-8-16-7-2-4-12(16)10-17/h11-13,15H,2-10H2,1H3. The molecule has 4 heteroatoms. The Kier molecular flexibility index (Phi) is 3.57. The number of rotatable bonds is 1. The van der Waals surface area contributed by atoms with Gasteiger partial charge in [-0.15, -0.1) is 0 Å². The Hall–Kier alpha value is -0.610. The molecule has 102 valence electrons. The van der Waals surface area contributed by atoms with Crippen LogP contribution >= 0.6 is 0 Å². The molecule has 1 N–H and O–H groups in total. The van der Waals surface area contributed by atoms with Crippen LogP contribution in [0.2, 0.25) is 0 Å². The fourth-order valence-corrected chi connectivity index (χ4v) is 3.84. The summed E-state index contributed by atoms with van der Waals surface area (Å²) < 4.78 is 0. The molecule has 3 saturated heterocycles. The van der Waals surface area contributed by atoms with Gasteiger partial charge in [-0.05, 0) is 45.7 Å². The van der Waals surface area contributed by atoms with Gasteiger partial charge in [-0.2, -0.15) is 0 Å². The van der Waals surface area contributed by atoms with E-state index in [1.165, 1.54) is 25.9 Å². The molecule has 3 aliphatic rings. The highest BCUT2D eigenvalue weighted by molar-refractivity contribution is 5.80. The monoisotopic (exact) mass is 251 g/mol. The van der Waals surface area contributed by atoms with Gasteiger partial charge in [0.25, 0.3) is 0 Å². The highest BCUT2D eigenvalue weighted by atomic mass is 16.2. The first-order valence-corrected chi connectivity index (χ1v) is 7.52. The summed E-state index contributed by atoms with van der Waals surface area (Å²) in [7, 11) is 0. The van der Waals surface area contributed by atoms with Crippen LogP contribution in [0.4, 0.5) is 0 Å². The number of nitrogens with zero attached hydrogens (tertiary/aromatic N) is 2. The molecular weight excluding hydrogens is 226 g/mol. The summed E-state index contributed by atoms with van der Waals surface area (Å²) >= 11 is 0.